The van der Waals surface area contributed by atoms with Gasteiger partial charge in [0, 0.05) is 13.2 Å². The molecule has 0 spiro atoms. The van der Waals surface area contributed by atoms with E-state index in [0.29, 0.717) is 25.3 Å². The minimum absolute atomic E-state index is 0.0766. The molecule has 4 nitrogen and oxygen atoms in total. The van der Waals surface area contributed by atoms with E-state index >= 15 is 0 Å². The SMILES string of the molecule is CO[C@H]1O[C@H](COCc2ccccc2)[C@H]2[C@@H]1N2C1CCCCC1. The fraction of sp³-hybridized carbons (Fsp3) is 0.684. The Morgan fingerprint density at radius 1 is 1.09 bits per heavy atom. The van der Waals surface area contributed by atoms with E-state index in [2.05, 4.69) is 17.0 Å². The predicted molar refractivity (Wildman–Crippen MR) is 88.1 cm³/mol. The second-order valence-electron chi connectivity index (χ2n) is 7.00. The number of benzene rings is 1. The Kier molecular flexibility index (Phi) is 4.67. The number of rotatable bonds is 6. The minimum Gasteiger partial charge on any atom is -0.374 e. The number of hydrogen-bond donors (Lipinski definition) is 0. The zero-order chi connectivity index (χ0) is 15.6. The van der Waals surface area contributed by atoms with Crippen LogP contribution in [0.5, 0.6) is 0 Å². The lowest BCUT2D eigenvalue weighted by Crippen LogP contribution is -2.36. The standard InChI is InChI=1S/C19H27NO3/c1-21-19-18-17(20(18)15-10-6-3-7-11-15)16(23-19)13-22-12-14-8-4-2-5-9-14/h2,4-5,8-9,15-19H,3,6-7,10-13H2,1H3/t16-,17+,18+,19+,20?/m1/s1. The Labute approximate surface area is 138 Å². The third kappa shape index (κ3) is 3.18. The van der Waals surface area contributed by atoms with E-state index in [9.17, 15) is 0 Å². The van der Waals surface area contributed by atoms with Gasteiger partial charge in [0.1, 0.15) is 6.10 Å². The summed E-state index contributed by atoms with van der Waals surface area (Å²) >= 11 is 0. The molecule has 5 atom stereocenters. The average Bonchev–Trinajstić information content (AvgIpc) is 3.25. The third-order valence-corrected chi connectivity index (χ3v) is 5.54. The molecule has 2 heterocycles. The molecule has 2 saturated heterocycles. The maximum Gasteiger partial charge on any atom is 0.174 e. The molecule has 0 radical (unpaired) electrons. The summed E-state index contributed by atoms with van der Waals surface area (Å²) < 4.78 is 17.5. The van der Waals surface area contributed by atoms with Crippen LogP contribution in [0.2, 0.25) is 0 Å². The molecule has 1 aliphatic carbocycles. The van der Waals surface area contributed by atoms with Gasteiger partial charge in [0.05, 0.1) is 25.3 Å². The largest absolute Gasteiger partial charge is 0.374 e. The van der Waals surface area contributed by atoms with E-state index < -0.39 is 0 Å². The van der Waals surface area contributed by atoms with Gasteiger partial charge in [-0.05, 0) is 18.4 Å². The summed E-state index contributed by atoms with van der Waals surface area (Å²) in [7, 11) is 1.76. The lowest BCUT2D eigenvalue weighted by Gasteiger charge is -2.29. The van der Waals surface area contributed by atoms with Crippen molar-refractivity contribution >= 4 is 0 Å². The molecule has 4 rings (SSSR count). The van der Waals surface area contributed by atoms with Crippen LogP contribution in [0.25, 0.3) is 0 Å². The van der Waals surface area contributed by atoms with E-state index in [0.717, 1.165) is 6.04 Å². The van der Waals surface area contributed by atoms with E-state index in [4.69, 9.17) is 14.2 Å². The predicted octanol–water partition coefficient (Wildman–Crippen LogP) is 2.96. The first-order valence-electron chi connectivity index (χ1n) is 8.96. The fourth-order valence-electron chi connectivity index (χ4n) is 4.40. The zero-order valence-corrected chi connectivity index (χ0v) is 13.9. The molecule has 0 N–H and O–H groups in total. The molecule has 3 fully saturated rings. The Bertz CT molecular complexity index is 503. The minimum atomic E-state index is -0.0766. The summed E-state index contributed by atoms with van der Waals surface area (Å²) in [6.07, 6.45) is 6.88. The van der Waals surface area contributed by atoms with Crippen LogP contribution >= 0.6 is 0 Å². The van der Waals surface area contributed by atoms with Crippen LogP contribution in [0.4, 0.5) is 0 Å². The quantitative estimate of drug-likeness (QED) is 0.755. The number of morpholine rings is 1. The highest BCUT2D eigenvalue weighted by Crippen LogP contribution is 2.47. The van der Waals surface area contributed by atoms with Crippen LogP contribution in [0, 0.1) is 0 Å². The molecule has 126 valence electrons. The molecule has 1 saturated carbocycles. The van der Waals surface area contributed by atoms with Crippen molar-refractivity contribution in [2.75, 3.05) is 13.7 Å². The monoisotopic (exact) mass is 317 g/mol. The van der Waals surface area contributed by atoms with Crippen LogP contribution in [0.15, 0.2) is 30.3 Å². The van der Waals surface area contributed by atoms with E-state index in [1.807, 2.05) is 18.2 Å². The third-order valence-electron chi connectivity index (χ3n) is 5.54. The van der Waals surface area contributed by atoms with Crippen LogP contribution in [-0.2, 0) is 20.8 Å². The van der Waals surface area contributed by atoms with Crippen molar-refractivity contribution in [2.24, 2.45) is 0 Å². The van der Waals surface area contributed by atoms with Crippen LogP contribution in [-0.4, -0.2) is 49.1 Å². The Morgan fingerprint density at radius 2 is 1.87 bits per heavy atom. The fourth-order valence-corrected chi connectivity index (χ4v) is 4.40. The lowest BCUT2D eigenvalue weighted by atomic mass is 9.95. The van der Waals surface area contributed by atoms with Crippen LogP contribution in [0.3, 0.4) is 0 Å². The van der Waals surface area contributed by atoms with Gasteiger partial charge in [0.15, 0.2) is 6.29 Å². The highest BCUT2D eigenvalue weighted by atomic mass is 16.7. The summed E-state index contributed by atoms with van der Waals surface area (Å²) in [6.45, 7) is 1.30. The van der Waals surface area contributed by atoms with Crippen molar-refractivity contribution in [3.63, 3.8) is 0 Å². The molecule has 0 bridgehead atoms. The second-order valence-corrected chi connectivity index (χ2v) is 7.00. The summed E-state index contributed by atoms with van der Waals surface area (Å²) in [5.74, 6) is 0. The molecule has 1 aromatic rings. The number of fused-ring (bicyclic) bond motifs is 1. The van der Waals surface area contributed by atoms with Crippen molar-refractivity contribution in [3.05, 3.63) is 35.9 Å². The summed E-state index contributed by atoms with van der Waals surface area (Å²) in [5.41, 5.74) is 1.21. The molecule has 0 amide bonds. The van der Waals surface area contributed by atoms with Crippen molar-refractivity contribution in [2.45, 2.75) is 69.2 Å². The summed E-state index contributed by atoms with van der Waals surface area (Å²) in [4.78, 5) is 2.65. The van der Waals surface area contributed by atoms with E-state index in [-0.39, 0.29) is 12.4 Å². The molecule has 23 heavy (non-hydrogen) atoms. The first-order chi connectivity index (χ1) is 11.4. The van der Waals surface area contributed by atoms with Gasteiger partial charge in [-0.2, -0.15) is 0 Å². The van der Waals surface area contributed by atoms with Crippen molar-refractivity contribution in [1.82, 2.24) is 4.90 Å². The van der Waals surface area contributed by atoms with Gasteiger partial charge >= 0.3 is 0 Å². The molecule has 3 aliphatic rings. The average molecular weight is 317 g/mol. The Hall–Kier alpha value is -0.940. The van der Waals surface area contributed by atoms with Gasteiger partial charge in [0.25, 0.3) is 0 Å². The van der Waals surface area contributed by atoms with Crippen molar-refractivity contribution in [3.8, 4) is 0 Å². The summed E-state index contributed by atoms with van der Waals surface area (Å²) in [6, 6.07) is 12.0. The smallest absolute Gasteiger partial charge is 0.174 e. The number of ether oxygens (including phenoxy) is 3. The van der Waals surface area contributed by atoms with Crippen LogP contribution < -0.4 is 0 Å². The van der Waals surface area contributed by atoms with Gasteiger partial charge in [-0.25, -0.2) is 0 Å². The van der Waals surface area contributed by atoms with Crippen molar-refractivity contribution < 1.29 is 14.2 Å². The van der Waals surface area contributed by atoms with E-state index in [1.165, 1.54) is 37.7 Å². The molecular weight excluding hydrogens is 290 g/mol. The Balaban J connectivity index is 1.32. The van der Waals surface area contributed by atoms with Crippen molar-refractivity contribution in [1.29, 1.82) is 0 Å². The van der Waals surface area contributed by atoms with Crippen LogP contribution in [0.1, 0.15) is 37.7 Å². The first kappa shape index (κ1) is 15.6. The summed E-state index contributed by atoms with van der Waals surface area (Å²) in [5, 5.41) is 0. The van der Waals surface area contributed by atoms with E-state index in [1.54, 1.807) is 7.11 Å². The molecule has 1 aromatic carbocycles. The zero-order valence-electron chi connectivity index (χ0n) is 13.9. The van der Waals surface area contributed by atoms with Gasteiger partial charge in [-0.15, -0.1) is 0 Å². The molecular formula is C19H27NO3. The first-order valence-corrected chi connectivity index (χ1v) is 8.96. The van der Waals surface area contributed by atoms with Gasteiger partial charge in [0.2, 0.25) is 0 Å². The molecule has 0 aromatic heterocycles. The number of methoxy groups -OCH3 is 1. The molecule has 2 aliphatic heterocycles. The highest BCUT2D eigenvalue weighted by molar-refractivity contribution is 5.16. The number of hydrogen-bond acceptors (Lipinski definition) is 4. The molecule has 4 heteroatoms. The molecule has 1 unspecified atom stereocenters. The normalized spacial score (nSPS) is 36.8. The van der Waals surface area contributed by atoms with Gasteiger partial charge in [-0.1, -0.05) is 49.6 Å². The number of nitrogens with zero attached hydrogens (tertiary/aromatic N) is 1. The maximum absolute atomic E-state index is 6.04. The van der Waals surface area contributed by atoms with Gasteiger partial charge in [-0.3, -0.25) is 4.90 Å². The second kappa shape index (κ2) is 6.89. The highest BCUT2D eigenvalue weighted by Gasteiger charge is 2.64. The topological polar surface area (TPSA) is 30.7 Å². The lowest BCUT2D eigenvalue weighted by molar-refractivity contribution is -0.160. The Morgan fingerprint density at radius 3 is 2.61 bits per heavy atom. The maximum atomic E-state index is 6.04. The van der Waals surface area contributed by atoms with Gasteiger partial charge < -0.3 is 14.2 Å².